The number of carbonyl (C=O) groups is 2. The summed E-state index contributed by atoms with van der Waals surface area (Å²) < 4.78 is 4.97. The Balaban J connectivity index is 1.73. The van der Waals surface area contributed by atoms with E-state index in [0.29, 0.717) is 18.0 Å². The summed E-state index contributed by atoms with van der Waals surface area (Å²) in [4.78, 5) is 23.3. The van der Waals surface area contributed by atoms with Gasteiger partial charge in [0.25, 0.3) is 0 Å². The largest absolute Gasteiger partial charge is 0.449 e. The maximum atomic E-state index is 11.9. The van der Waals surface area contributed by atoms with Gasteiger partial charge in [-0.25, -0.2) is 4.79 Å². The molecular weight excluding hydrogens is 344 g/mol. The molecule has 0 spiro atoms. The second-order valence-electron chi connectivity index (χ2n) is 6.30. The first kappa shape index (κ1) is 20.1. The number of anilines is 1. The molecule has 2 aromatic rings. The van der Waals surface area contributed by atoms with Crippen LogP contribution in [-0.2, 0) is 9.53 Å². The van der Waals surface area contributed by atoms with Crippen molar-refractivity contribution < 1.29 is 14.3 Å². The first-order valence-electron chi connectivity index (χ1n) is 8.80. The second kappa shape index (κ2) is 10.7. The summed E-state index contributed by atoms with van der Waals surface area (Å²) >= 11 is 0. The number of amides is 2. The van der Waals surface area contributed by atoms with Crippen molar-refractivity contribution in [3.8, 4) is 0 Å². The normalized spacial score (nSPS) is 10.8. The number of ether oxygens (including phenoxy) is 1. The molecule has 0 heterocycles. The van der Waals surface area contributed by atoms with Crippen LogP contribution in [0, 0.1) is 5.92 Å². The minimum absolute atomic E-state index is 0.159. The lowest BCUT2D eigenvalue weighted by Gasteiger charge is -2.09. The van der Waals surface area contributed by atoms with Gasteiger partial charge in [-0.3, -0.25) is 4.79 Å². The molecule has 0 unspecified atom stereocenters. The Bertz CT molecular complexity index is 759. The molecule has 0 fully saturated rings. The average molecular weight is 368 g/mol. The molecule has 0 saturated carbocycles. The van der Waals surface area contributed by atoms with Crippen molar-refractivity contribution in [1.82, 2.24) is 5.32 Å². The Hall–Kier alpha value is -3.22. The van der Waals surface area contributed by atoms with Crippen LogP contribution in [-0.4, -0.2) is 25.2 Å². The summed E-state index contributed by atoms with van der Waals surface area (Å²) in [5, 5.41) is 13.6. The Labute approximate surface area is 158 Å². The smallest absolute Gasteiger partial charge is 0.407 e. The van der Waals surface area contributed by atoms with E-state index in [0.717, 1.165) is 5.69 Å². The van der Waals surface area contributed by atoms with Gasteiger partial charge < -0.3 is 15.4 Å². The number of rotatable bonds is 8. The van der Waals surface area contributed by atoms with Crippen LogP contribution < -0.4 is 10.6 Å². The van der Waals surface area contributed by atoms with Crippen molar-refractivity contribution in [1.29, 1.82) is 0 Å². The number of hydrogen-bond acceptors (Lipinski definition) is 5. The van der Waals surface area contributed by atoms with Crippen LogP contribution in [0.25, 0.3) is 0 Å². The molecule has 0 radical (unpaired) electrons. The number of benzene rings is 2. The van der Waals surface area contributed by atoms with Gasteiger partial charge in [-0.15, -0.1) is 0 Å². The van der Waals surface area contributed by atoms with Crippen molar-refractivity contribution in [2.45, 2.75) is 20.3 Å². The Morgan fingerprint density at radius 2 is 1.59 bits per heavy atom. The summed E-state index contributed by atoms with van der Waals surface area (Å²) in [6.07, 6.45) is -0.351. The van der Waals surface area contributed by atoms with Gasteiger partial charge in [0.05, 0.1) is 18.0 Å². The number of nitrogens with zero attached hydrogens (tertiary/aromatic N) is 2. The highest BCUT2D eigenvalue weighted by atomic mass is 16.5. The lowest BCUT2D eigenvalue weighted by atomic mass is 10.2. The minimum atomic E-state index is -0.510. The molecule has 0 aliphatic heterocycles. The molecule has 0 aliphatic rings. The number of nitrogens with one attached hydrogen (secondary N) is 2. The molecule has 2 N–H and O–H groups in total. The average Bonchev–Trinajstić information content (AvgIpc) is 2.66. The number of hydrogen-bond donors (Lipinski definition) is 2. The van der Waals surface area contributed by atoms with Crippen LogP contribution in [0.5, 0.6) is 0 Å². The van der Waals surface area contributed by atoms with E-state index in [9.17, 15) is 9.59 Å². The number of carbonyl (C=O) groups excluding carboxylic acids is 2. The van der Waals surface area contributed by atoms with Gasteiger partial charge in [0.2, 0.25) is 5.91 Å². The molecular formula is C20H24N4O3. The van der Waals surface area contributed by atoms with Crippen molar-refractivity contribution in [2.75, 3.05) is 18.5 Å². The predicted molar refractivity (Wildman–Crippen MR) is 104 cm³/mol. The van der Waals surface area contributed by atoms with E-state index in [1.165, 1.54) is 0 Å². The van der Waals surface area contributed by atoms with Gasteiger partial charge in [-0.1, -0.05) is 32.0 Å². The summed E-state index contributed by atoms with van der Waals surface area (Å²) in [6, 6.07) is 16.5. The second-order valence-corrected chi connectivity index (χ2v) is 6.30. The van der Waals surface area contributed by atoms with Crippen LogP contribution in [0.4, 0.5) is 21.9 Å². The zero-order valence-electron chi connectivity index (χ0n) is 15.5. The molecule has 0 saturated heterocycles. The molecule has 7 nitrogen and oxygen atoms in total. The highest BCUT2D eigenvalue weighted by Crippen LogP contribution is 2.20. The van der Waals surface area contributed by atoms with Gasteiger partial charge >= 0.3 is 6.09 Å². The van der Waals surface area contributed by atoms with E-state index in [-0.39, 0.29) is 24.8 Å². The monoisotopic (exact) mass is 368 g/mol. The fourth-order valence-electron chi connectivity index (χ4n) is 2.02. The summed E-state index contributed by atoms with van der Waals surface area (Å²) in [5.41, 5.74) is 2.11. The summed E-state index contributed by atoms with van der Waals surface area (Å²) in [7, 11) is 0. The molecule has 27 heavy (non-hydrogen) atoms. The molecule has 0 bridgehead atoms. The molecule has 2 rings (SSSR count). The van der Waals surface area contributed by atoms with Gasteiger partial charge in [-0.2, -0.15) is 10.2 Å². The van der Waals surface area contributed by atoms with E-state index >= 15 is 0 Å². The minimum Gasteiger partial charge on any atom is -0.449 e. The summed E-state index contributed by atoms with van der Waals surface area (Å²) in [5.74, 6) is 0.0760. The maximum absolute atomic E-state index is 11.9. The third kappa shape index (κ3) is 8.13. The Morgan fingerprint density at radius 1 is 0.963 bits per heavy atom. The van der Waals surface area contributed by atoms with E-state index in [1.54, 1.807) is 24.3 Å². The molecule has 0 aliphatic carbocycles. The first-order chi connectivity index (χ1) is 13.0. The topological polar surface area (TPSA) is 92.1 Å². The fourth-order valence-corrected chi connectivity index (χ4v) is 2.02. The third-order valence-electron chi connectivity index (χ3n) is 3.36. The molecule has 0 atom stereocenters. The summed E-state index contributed by atoms with van der Waals surface area (Å²) in [6.45, 7) is 4.47. The number of alkyl carbamates (subject to hydrolysis) is 1. The molecule has 7 heteroatoms. The third-order valence-corrected chi connectivity index (χ3v) is 3.36. The molecule has 0 aromatic heterocycles. The zero-order chi connectivity index (χ0) is 19.5. The standard InChI is InChI=1S/C20H24N4O3/c1-15(2)14-27-20(26)21-13-12-19(25)22-16-8-10-18(11-9-16)24-23-17-6-4-3-5-7-17/h3-11,15H,12-14H2,1-2H3,(H,21,26)(H,22,25). The van der Waals surface area contributed by atoms with Gasteiger partial charge in [-0.05, 0) is 42.3 Å². The van der Waals surface area contributed by atoms with Crippen LogP contribution >= 0.6 is 0 Å². The quantitative estimate of drug-likeness (QED) is 0.655. The maximum Gasteiger partial charge on any atom is 0.407 e. The van der Waals surface area contributed by atoms with Crippen LogP contribution in [0.2, 0.25) is 0 Å². The van der Waals surface area contributed by atoms with Crippen molar-refractivity contribution in [3.05, 3.63) is 54.6 Å². The highest BCUT2D eigenvalue weighted by Gasteiger charge is 2.06. The van der Waals surface area contributed by atoms with E-state index in [2.05, 4.69) is 20.9 Å². The van der Waals surface area contributed by atoms with E-state index in [1.807, 2.05) is 44.2 Å². The molecule has 2 aromatic carbocycles. The zero-order valence-corrected chi connectivity index (χ0v) is 15.5. The van der Waals surface area contributed by atoms with Crippen LogP contribution in [0.15, 0.2) is 64.8 Å². The lowest BCUT2D eigenvalue weighted by Crippen LogP contribution is -2.29. The highest BCUT2D eigenvalue weighted by molar-refractivity contribution is 5.91. The first-order valence-corrected chi connectivity index (χ1v) is 8.80. The fraction of sp³-hybridized carbons (Fsp3) is 0.300. The van der Waals surface area contributed by atoms with Gasteiger partial charge in [0.1, 0.15) is 0 Å². The van der Waals surface area contributed by atoms with Crippen LogP contribution in [0.1, 0.15) is 20.3 Å². The van der Waals surface area contributed by atoms with E-state index in [4.69, 9.17) is 4.74 Å². The van der Waals surface area contributed by atoms with Crippen molar-refractivity contribution >= 4 is 29.1 Å². The Morgan fingerprint density at radius 3 is 2.22 bits per heavy atom. The number of azo groups is 1. The SMILES string of the molecule is CC(C)COC(=O)NCCC(=O)Nc1ccc(N=Nc2ccccc2)cc1. The Kier molecular flexibility index (Phi) is 7.96. The molecule has 142 valence electrons. The van der Waals surface area contributed by atoms with E-state index < -0.39 is 6.09 Å². The predicted octanol–water partition coefficient (Wildman–Crippen LogP) is 4.81. The van der Waals surface area contributed by atoms with Gasteiger partial charge in [0, 0.05) is 18.7 Å². The van der Waals surface area contributed by atoms with Crippen molar-refractivity contribution in [3.63, 3.8) is 0 Å². The lowest BCUT2D eigenvalue weighted by molar-refractivity contribution is -0.116. The molecule has 2 amide bonds. The van der Waals surface area contributed by atoms with Gasteiger partial charge in [0.15, 0.2) is 0 Å². The van der Waals surface area contributed by atoms with Crippen LogP contribution in [0.3, 0.4) is 0 Å². The van der Waals surface area contributed by atoms with Crippen molar-refractivity contribution in [2.24, 2.45) is 16.1 Å².